The Hall–Kier alpha value is -2.13. The molecule has 0 spiro atoms. The third-order valence-electron chi connectivity index (χ3n) is 4.88. The number of esters is 1. The van der Waals surface area contributed by atoms with Crippen molar-refractivity contribution >= 4 is 5.97 Å². The van der Waals surface area contributed by atoms with Crippen molar-refractivity contribution in [1.82, 2.24) is 5.32 Å². The van der Waals surface area contributed by atoms with E-state index in [9.17, 15) is 4.79 Å². The second-order valence-corrected chi connectivity index (χ2v) is 6.67. The normalized spacial score (nSPS) is 12.3. The predicted octanol–water partition coefficient (Wildman–Crippen LogP) is 4.92. The molecule has 0 aromatic heterocycles. The second kappa shape index (κ2) is 10.8. The summed E-state index contributed by atoms with van der Waals surface area (Å²) in [6.45, 7) is 6.89. The topological polar surface area (TPSA) is 38.3 Å². The molecule has 3 nitrogen and oxygen atoms in total. The zero-order chi connectivity index (χ0) is 18.8. The van der Waals surface area contributed by atoms with Crippen molar-refractivity contribution in [2.75, 3.05) is 6.61 Å². The van der Waals surface area contributed by atoms with Crippen LogP contribution in [0.4, 0.5) is 0 Å². The first-order valence-electron chi connectivity index (χ1n) is 9.72. The summed E-state index contributed by atoms with van der Waals surface area (Å²) < 4.78 is 5.75. The monoisotopic (exact) mass is 353 g/mol. The Kier molecular flexibility index (Phi) is 8.36. The third kappa shape index (κ3) is 5.70. The zero-order valence-electron chi connectivity index (χ0n) is 16.2. The molecule has 0 aliphatic heterocycles. The van der Waals surface area contributed by atoms with Crippen LogP contribution < -0.4 is 5.32 Å². The lowest BCUT2D eigenvalue weighted by Crippen LogP contribution is -2.41. The van der Waals surface area contributed by atoms with Crippen LogP contribution in [0, 0.1) is 0 Å². The highest BCUT2D eigenvalue weighted by atomic mass is 16.5. The van der Waals surface area contributed by atoms with Gasteiger partial charge < -0.3 is 10.1 Å². The molecule has 0 saturated carbocycles. The highest BCUT2D eigenvalue weighted by Gasteiger charge is 2.25. The maximum absolute atomic E-state index is 12.9. The van der Waals surface area contributed by atoms with E-state index in [-0.39, 0.29) is 17.9 Å². The van der Waals surface area contributed by atoms with Crippen molar-refractivity contribution < 1.29 is 9.53 Å². The van der Waals surface area contributed by atoms with Gasteiger partial charge in [0.2, 0.25) is 0 Å². The molecule has 0 aliphatic carbocycles. The van der Waals surface area contributed by atoms with Gasteiger partial charge in [0, 0.05) is 12.1 Å². The van der Waals surface area contributed by atoms with Crippen molar-refractivity contribution in [2.45, 2.75) is 58.0 Å². The van der Waals surface area contributed by atoms with E-state index in [0.29, 0.717) is 12.6 Å². The predicted molar refractivity (Wildman–Crippen MR) is 107 cm³/mol. The lowest BCUT2D eigenvalue weighted by Gasteiger charge is -2.24. The lowest BCUT2D eigenvalue weighted by molar-refractivity contribution is -0.145. The summed E-state index contributed by atoms with van der Waals surface area (Å²) >= 11 is 0. The van der Waals surface area contributed by atoms with Gasteiger partial charge in [0.05, 0.1) is 0 Å². The van der Waals surface area contributed by atoms with Crippen LogP contribution >= 0.6 is 0 Å². The maximum atomic E-state index is 12.9. The van der Waals surface area contributed by atoms with Crippen molar-refractivity contribution in [3.05, 3.63) is 71.8 Å². The van der Waals surface area contributed by atoms with Crippen LogP contribution in [0.2, 0.25) is 0 Å². The number of nitrogens with one attached hydrogen (secondary N) is 1. The molecule has 0 amide bonds. The van der Waals surface area contributed by atoms with Gasteiger partial charge in [-0.05, 0) is 30.4 Å². The molecule has 0 aliphatic rings. The van der Waals surface area contributed by atoms with Gasteiger partial charge in [0.25, 0.3) is 0 Å². The first kappa shape index (κ1) is 20.2. The standard InChI is InChI=1S/C23H31NO2/c1-4-20(5-2)24-21(6-3)17-26-23(25)22(18-13-9-7-10-14-18)19-15-11-8-12-16-19/h7-16,20-22,24H,4-6,17H2,1-3H3/t21-/m0/s1. The molecule has 1 N–H and O–H groups in total. The van der Waals surface area contributed by atoms with Gasteiger partial charge in [-0.25, -0.2) is 0 Å². The number of hydrogen-bond donors (Lipinski definition) is 1. The highest BCUT2D eigenvalue weighted by Crippen LogP contribution is 2.26. The Bertz CT molecular complexity index is 598. The van der Waals surface area contributed by atoms with Crippen molar-refractivity contribution in [3.63, 3.8) is 0 Å². The van der Waals surface area contributed by atoms with Crippen LogP contribution in [0.15, 0.2) is 60.7 Å². The van der Waals surface area contributed by atoms with Crippen LogP contribution in [0.3, 0.4) is 0 Å². The molecular formula is C23H31NO2. The van der Waals surface area contributed by atoms with Gasteiger partial charge in [0.15, 0.2) is 0 Å². The maximum Gasteiger partial charge on any atom is 0.317 e. The average molecular weight is 354 g/mol. The summed E-state index contributed by atoms with van der Waals surface area (Å²) in [5, 5.41) is 3.60. The van der Waals surface area contributed by atoms with E-state index in [2.05, 4.69) is 26.1 Å². The second-order valence-electron chi connectivity index (χ2n) is 6.67. The molecular weight excluding hydrogens is 322 g/mol. The fourth-order valence-corrected chi connectivity index (χ4v) is 3.16. The van der Waals surface area contributed by atoms with Gasteiger partial charge >= 0.3 is 5.97 Å². The molecule has 26 heavy (non-hydrogen) atoms. The average Bonchev–Trinajstić information content (AvgIpc) is 2.70. The van der Waals surface area contributed by atoms with Gasteiger partial charge in [0.1, 0.15) is 12.5 Å². The molecule has 0 saturated heterocycles. The molecule has 0 bridgehead atoms. The van der Waals surface area contributed by atoms with E-state index in [1.807, 2.05) is 60.7 Å². The Morgan fingerprint density at radius 2 is 1.27 bits per heavy atom. The van der Waals surface area contributed by atoms with Crippen molar-refractivity contribution in [2.24, 2.45) is 0 Å². The van der Waals surface area contributed by atoms with E-state index < -0.39 is 0 Å². The highest BCUT2D eigenvalue weighted by molar-refractivity contribution is 5.82. The van der Waals surface area contributed by atoms with Crippen LogP contribution in [0.25, 0.3) is 0 Å². The Morgan fingerprint density at radius 1 is 0.808 bits per heavy atom. The fourth-order valence-electron chi connectivity index (χ4n) is 3.16. The molecule has 0 unspecified atom stereocenters. The molecule has 140 valence electrons. The van der Waals surface area contributed by atoms with Crippen LogP contribution in [0.5, 0.6) is 0 Å². The minimum Gasteiger partial charge on any atom is -0.463 e. The summed E-state index contributed by atoms with van der Waals surface area (Å²) in [5.41, 5.74) is 1.93. The Morgan fingerprint density at radius 3 is 1.69 bits per heavy atom. The summed E-state index contributed by atoms with van der Waals surface area (Å²) in [6, 6.07) is 20.4. The van der Waals surface area contributed by atoms with Crippen LogP contribution in [-0.4, -0.2) is 24.7 Å². The first-order chi connectivity index (χ1) is 12.7. The third-order valence-corrected chi connectivity index (χ3v) is 4.88. The van der Waals surface area contributed by atoms with E-state index in [0.717, 1.165) is 30.4 Å². The van der Waals surface area contributed by atoms with Gasteiger partial charge in [-0.2, -0.15) is 0 Å². The Labute approximate surface area is 157 Å². The van der Waals surface area contributed by atoms with Crippen molar-refractivity contribution in [3.8, 4) is 0 Å². The van der Waals surface area contributed by atoms with Gasteiger partial charge in [-0.3, -0.25) is 4.79 Å². The lowest BCUT2D eigenvalue weighted by atomic mass is 9.91. The molecule has 0 heterocycles. The molecule has 0 radical (unpaired) electrons. The van der Waals surface area contributed by atoms with Crippen LogP contribution in [-0.2, 0) is 9.53 Å². The molecule has 2 aromatic carbocycles. The molecule has 3 heteroatoms. The quantitative estimate of drug-likeness (QED) is 0.616. The SMILES string of the molecule is CCC(CC)N[C@@H](CC)COC(=O)C(c1ccccc1)c1ccccc1. The summed E-state index contributed by atoms with van der Waals surface area (Å²) in [6.07, 6.45) is 3.10. The van der Waals surface area contributed by atoms with Crippen LogP contribution in [0.1, 0.15) is 57.1 Å². The van der Waals surface area contributed by atoms with Crippen molar-refractivity contribution in [1.29, 1.82) is 0 Å². The molecule has 2 aromatic rings. The smallest absolute Gasteiger partial charge is 0.317 e. The Balaban J connectivity index is 2.10. The molecule has 0 fully saturated rings. The summed E-state index contributed by atoms with van der Waals surface area (Å²) in [5.74, 6) is -0.574. The number of carbonyl (C=O) groups is 1. The van der Waals surface area contributed by atoms with E-state index >= 15 is 0 Å². The first-order valence-corrected chi connectivity index (χ1v) is 9.72. The summed E-state index contributed by atoms with van der Waals surface area (Å²) in [7, 11) is 0. The molecule has 1 atom stereocenters. The largest absolute Gasteiger partial charge is 0.463 e. The fraction of sp³-hybridized carbons (Fsp3) is 0.435. The summed E-state index contributed by atoms with van der Waals surface area (Å²) in [4.78, 5) is 12.9. The minimum absolute atomic E-state index is 0.188. The van der Waals surface area contributed by atoms with E-state index in [1.54, 1.807) is 0 Å². The zero-order valence-corrected chi connectivity index (χ0v) is 16.2. The number of carbonyl (C=O) groups excluding carboxylic acids is 1. The van der Waals surface area contributed by atoms with Gasteiger partial charge in [-0.15, -0.1) is 0 Å². The van der Waals surface area contributed by atoms with Gasteiger partial charge in [-0.1, -0.05) is 81.4 Å². The molecule has 2 rings (SSSR count). The van der Waals surface area contributed by atoms with E-state index in [1.165, 1.54) is 0 Å². The van der Waals surface area contributed by atoms with E-state index in [4.69, 9.17) is 4.74 Å². The number of rotatable bonds is 10. The number of hydrogen-bond acceptors (Lipinski definition) is 3. The minimum atomic E-state index is -0.386. The number of ether oxygens (including phenoxy) is 1. The number of benzene rings is 2.